The highest BCUT2D eigenvalue weighted by Crippen LogP contribution is 2.19. The minimum Gasteiger partial charge on any atom is -0.480 e. The van der Waals surface area contributed by atoms with E-state index in [1.807, 2.05) is 38.1 Å². The van der Waals surface area contributed by atoms with Crippen molar-refractivity contribution in [2.24, 2.45) is 11.7 Å². The predicted molar refractivity (Wildman–Crippen MR) is 121 cm³/mol. The SMILES string of the molecule is CC(C)CC(NC(=O)CN)C(=O)NC(Cc1c[nH]c2ccccc12)C(=O)NC(CO)C(=O)O. The second kappa shape index (κ2) is 12.0. The molecule has 33 heavy (non-hydrogen) atoms. The molecule has 1 aromatic carbocycles. The van der Waals surface area contributed by atoms with Gasteiger partial charge in [0.05, 0.1) is 13.2 Å². The number of para-hydroxylation sites is 1. The number of amides is 3. The zero-order chi connectivity index (χ0) is 24.5. The summed E-state index contributed by atoms with van der Waals surface area (Å²) in [6.45, 7) is 2.66. The molecule has 2 rings (SSSR count). The molecule has 0 fully saturated rings. The molecule has 11 nitrogen and oxygen atoms in total. The number of nitrogens with one attached hydrogen (secondary N) is 4. The van der Waals surface area contributed by atoms with Crippen molar-refractivity contribution in [3.63, 3.8) is 0 Å². The molecule has 3 amide bonds. The van der Waals surface area contributed by atoms with Crippen LogP contribution in [0.25, 0.3) is 10.9 Å². The molecule has 0 aliphatic rings. The Bertz CT molecular complexity index is 989. The van der Waals surface area contributed by atoms with Crippen molar-refractivity contribution in [2.45, 2.75) is 44.8 Å². The quantitative estimate of drug-likeness (QED) is 0.216. The summed E-state index contributed by atoms with van der Waals surface area (Å²) >= 11 is 0. The van der Waals surface area contributed by atoms with E-state index >= 15 is 0 Å². The summed E-state index contributed by atoms with van der Waals surface area (Å²) in [7, 11) is 0. The number of carboxylic acid groups (broad SMARTS) is 1. The van der Waals surface area contributed by atoms with Gasteiger partial charge < -0.3 is 36.9 Å². The summed E-state index contributed by atoms with van der Waals surface area (Å²) in [5.41, 5.74) is 6.92. The normalized spacial score (nSPS) is 13.8. The summed E-state index contributed by atoms with van der Waals surface area (Å²) in [6, 6.07) is 3.80. The Hall–Kier alpha value is -3.44. The van der Waals surface area contributed by atoms with Gasteiger partial charge in [0, 0.05) is 23.5 Å². The average molecular weight is 462 g/mol. The summed E-state index contributed by atoms with van der Waals surface area (Å²) in [4.78, 5) is 52.1. The first-order valence-corrected chi connectivity index (χ1v) is 10.6. The van der Waals surface area contributed by atoms with E-state index in [2.05, 4.69) is 20.9 Å². The minimum atomic E-state index is -1.52. The van der Waals surface area contributed by atoms with Crippen molar-refractivity contribution in [3.8, 4) is 0 Å². The number of nitrogens with two attached hydrogens (primary N) is 1. The van der Waals surface area contributed by atoms with Crippen LogP contribution in [-0.4, -0.2) is 70.2 Å². The number of rotatable bonds is 12. The van der Waals surface area contributed by atoms with Crippen molar-refractivity contribution in [1.29, 1.82) is 0 Å². The Morgan fingerprint density at radius 2 is 1.64 bits per heavy atom. The highest BCUT2D eigenvalue weighted by molar-refractivity contribution is 5.94. The number of hydrogen-bond donors (Lipinski definition) is 7. The maximum Gasteiger partial charge on any atom is 0.328 e. The number of aromatic amines is 1. The van der Waals surface area contributed by atoms with Gasteiger partial charge in [-0.05, 0) is 24.0 Å². The number of carbonyl (C=O) groups is 4. The number of aliphatic carboxylic acids is 1. The molecule has 0 radical (unpaired) electrons. The lowest BCUT2D eigenvalue weighted by molar-refractivity contribution is -0.143. The predicted octanol–water partition coefficient (Wildman–Crippen LogP) is -0.753. The van der Waals surface area contributed by atoms with Crippen LogP contribution in [0.3, 0.4) is 0 Å². The summed E-state index contributed by atoms with van der Waals surface area (Å²) in [5, 5.41) is 26.7. The van der Waals surface area contributed by atoms with Gasteiger partial charge in [-0.2, -0.15) is 0 Å². The topological polar surface area (TPSA) is 187 Å². The maximum absolute atomic E-state index is 13.0. The van der Waals surface area contributed by atoms with Gasteiger partial charge in [0.2, 0.25) is 17.7 Å². The highest BCUT2D eigenvalue weighted by atomic mass is 16.4. The lowest BCUT2D eigenvalue weighted by Crippen LogP contribution is -2.57. The fourth-order valence-corrected chi connectivity index (χ4v) is 3.42. The summed E-state index contributed by atoms with van der Waals surface area (Å²) in [5.74, 6) is -3.23. The third-order valence-corrected chi connectivity index (χ3v) is 5.07. The van der Waals surface area contributed by atoms with Crippen LogP contribution in [0, 0.1) is 5.92 Å². The van der Waals surface area contributed by atoms with Crippen LogP contribution in [-0.2, 0) is 25.6 Å². The second-order valence-electron chi connectivity index (χ2n) is 8.16. The van der Waals surface area contributed by atoms with Gasteiger partial charge in [-0.25, -0.2) is 4.79 Å². The molecule has 1 heterocycles. The third kappa shape index (κ3) is 7.29. The zero-order valence-corrected chi connectivity index (χ0v) is 18.6. The number of hydrogen-bond acceptors (Lipinski definition) is 6. The summed E-state index contributed by atoms with van der Waals surface area (Å²) in [6.07, 6.45) is 2.07. The number of fused-ring (bicyclic) bond motifs is 1. The first kappa shape index (κ1) is 25.8. The van der Waals surface area contributed by atoms with E-state index in [9.17, 15) is 29.4 Å². The Morgan fingerprint density at radius 3 is 2.24 bits per heavy atom. The Labute approximate surface area is 191 Å². The van der Waals surface area contributed by atoms with Gasteiger partial charge in [0.25, 0.3) is 0 Å². The van der Waals surface area contributed by atoms with Crippen LogP contribution in [0.4, 0.5) is 0 Å². The van der Waals surface area contributed by atoms with E-state index in [1.165, 1.54) is 0 Å². The maximum atomic E-state index is 13.0. The molecule has 0 aliphatic heterocycles. The number of aliphatic hydroxyl groups is 1. The van der Waals surface area contributed by atoms with E-state index in [0.29, 0.717) is 6.42 Å². The van der Waals surface area contributed by atoms with Gasteiger partial charge in [-0.3, -0.25) is 14.4 Å². The molecule has 8 N–H and O–H groups in total. The lowest BCUT2D eigenvalue weighted by atomic mass is 10.0. The monoisotopic (exact) mass is 461 g/mol. The molecule has 2 aromatic rings. The molecular formula is C22H31N5O6. The van der Waals surface area contributed by atoms with E-state index in [0.717, 1.165) is 16.5 Å². The number of benzene rings is 1. The van der Waals surface area contributed by atoms with Crippen LogP contribution in [0.5, 0.6) is 0 Å². The van der Waals surface area contributed by atoms with E-state index in [1.54, 1.807) is 6.20 Å². The van der Waals surface area contributed by atoms with Crippen molar-refractivity contribution in [2.75, 3.05) is 13.2 Å². The Balaban J connectivity index is 2.29. The molecular weight excluding hydrogens is 430 g/mol. The molecule has 0 saturated carbocycles. The lowest BCUT2D eigenvalue weighted by Gasteiger charge is -2.25. The zero-order valence-electron chi connectivity index (χ0n) is 18.6. The first-order chi connectivity index (χ1) is 15.7. The van der Waals surface area contributed by atoms with Gasteiger partial charge in [0.15, 0.2) is 0 Å². The van der Waals surface area contributed by atoms with E-state index < -0.39 is 48.4 Å². The number of H-pyrrole nitrogens is 1. The average Bonchev–Trinajstić information content (AvgIpc) is 3.18. The molecule has 3 unspecified atom stereocenters. The van der Waals surface area contributed by atoms with Gasteiger partial charge in [-0.1, -0.05) is 32.0 Å². The van der Waals surface area contributed by atoms with Crippen LogP contribution in [0.15, 0.2) is 30.5 Å². The van der Waals surface area contributed by atoms with Gasteiger partial charge >= 0.3 is 5.97 Å². The molecule has 180 valence electrons. The molecule has 0 saturated heterocycles. The second-order valence-corrected chi connectivity index (χ2v) is 8.16. The Morgan fingerprint density at radius 1 is 1.00 bits per heavy atom. The molecule has 0 bridgehead atoms. The van der Waals surface area contributed by atoms with Crippen LogP contribution >= 0.6 is 0 Å². The van der Waals surface area contributed by atoms with Crippen molar-refractivity contribution < 1.29 is 29.4 Å². The van der Waals surface area contributed by atoms with E-state index in [4.69, 9.17) is 5.73 Å². The minimum absolute atomic E-state index is 0.0542. The van der Waals surface area contributed by atoms with Crippen LogP contribution < -0.4 is 21.7 Å². The molecule has 1 aromatic heterocycles. The van der Waals surface area contributed by atoms with Crippen LogP contribution in [0.2, 0.25) is 0 Å². The van der Waals surface area contributed by atoms with Crippen molar-refractivity contribution >= 4 is 34.6 Å². The smallest absolute Gasteiger partial charge is 0.328 e. The third-order valence-electron chi connectivity index (χ3n) is 5.07. The van der Waals surface area contributed by atoms with Crippen molar-refractivity contribution in [3.05, 3.63) is 36.0 Å². The van der Waals surface area contributed by atoms with Gasteiger partial charge in [0.1, 0.15) is 18.1 Å². The fraction of sp³-hybridized carbons (Fsp3) is 0.455. The first-order valence-electron chi connectivity index (χ1n) is 10.6. The van der Waals surface area contributed by atoms with Crippen LogP contribution in [0.1, 0.15) is 25.8 Å². The number of aromatic nitrogens is 1. The molecule has 0 spiro atoms. The van der Waals surface area contributed by atoms with Gasteiger partial charge in [-0.15, -0.1) is 0 Å². The molecule has 0 aliphatic carbocycles. The largest absolute Gasteiger partial charge is 0.480 e. The van der Waals surface area contributed by atoms with E-state index in [-0.39, 0.29) is 18.9 Å². The Kier molecular flexibility index (Phi) is 9.37. The molecule has 11 heteroatoms. The van der Waals surface area contributed by atoms with Crippen molar-refractivity contribution in [1.82, 2.24) is 20.9 Å². The fourth-order valence-electron chi connectivity index (χ4n) is 3.42. The summed E-state index contributed by atoms with van der Waals surface area (Å²) < 4.78 is 0. The standard InChI is InChI=1S/C22H31N5O6/c1-12(2)7-16(25-19(29)9-23)20(30)26-17(21(31)27-18(11-28)22(32)33)8-13-10-24-15-6-4-3-5-14(13)15/h3-6,10,12,16-18,24,28H,7-9,11,23H2,1-2H3,(H,25,29)(H,26,30)(H,27,31)(H,32,33). The number of aliphatic hydroxyl groups excluding tert-OH is 1. The molecule has 3 atom stereocenters. The number of carbonyl (C=O) groups excluding carboxylic acids is 3. The highest BCUT2D eigenvalue weighted by Gasteiger charge is 2.30. The number of carboxylic acids is 1.